The zero-order chi connectivity index (χ0) is 19.5. The number of carbonyl (C=O) groups is 1. The topological polar surface area (TPSA) is 109 Å². The van der Waals surface area contributed by atoms with E-state index in [0.717, 1.165) is 39.9 Å². The molecule has 0 fully saturated rings. The predicted octanol–water partition coefficient (Wildman–Crippen LogP) is 2.15. The van der Waals surface area contributed by atoms with Gasteiger partial charge in [-0.3, -0.25) is 4.79 Å². The fraction of sp³-hybridized carbons (Fsp3) is 0.474. The second kappa shape index (κ2) is 6.02. The van der Waals surface area contributed by atoms with Gasteiger partial charge in [0.05, 0.1) is 11.0 Å². The second-order valence-electron chi connectivity index (χ2n) is 8.26. The molecule has 1 unspecified atom stereocenters. The Bertz CT molecular complexity index is 1040. The summed E-state index contributed by atoms with van der Waals surface area (Å²) in [5, 5.41) is 16.1. The molecule has 4 rings (SSSR count). The molecule has 8 heteroatoms. The number of nitrogen functional groups attached to an aromatic ring is 1. The van der Waals surface area contributed by atoms with Crippen molar-refractivity contribution in [1.82, 2.24) is 10.3 Å². The molecule has 142 valence electrons. The number of hydrogen-bond donors (Lipinski definition) is 1. The summed E-state index contributed by atoms with van der Waals surface area (Å²) in [6, 6.07) is 2.07. The number of aromatic nitrogens is 3. The molecule has 0 bridgehead atoms. The highest BCUT2D eigenvalue weighted by Crippen LogP contribution is 2.40. The third-order valence-corrected chi connectivity index (χ3v) is 6.61. The number of aryl methyl sites for hydroxylation is 2. The Morgan fingerprint density at radius 2 is 2.19 bits per heavy atom. The van der Waals surface area contributed by atoms with Crippen LogP contribution in [-0.4, -0.2) is 16.0 Å². The molecule has 0 saturated heterocycles. The van der Waals surface area contributed by atoms with Crippen molar-refractivity contribution in [3.8, 4) is 5.95 Å². The third-order valence-electron chi connectivity index (χ3n) is 5.49. The van der Waals surface area contributed by atoms with E-state index in [1.54, 1.807) is 0 Å². The fourth-order valence-electron chi connectivity index (χ4n) is 3.76. The third kappa shape index (κ3) is 2.88. The molecule has 0 saturated carbocycles. The summed E-state index contributed by atoms with van der Waals surface area (Å²) in [4.78, 5) is 18.7. The van der Waals surface area contributed by atoms with Crippen molar-refractivity contribution in [3.63, 3.8) is 0 Å². The van der Waals surface area contributed by atoms with Gasteiger partial charge in [-0.1, -0.05) is 25.5 Å². The monoisotopic (exact) mass is 386 g/mol. The lowest BCUT2D eigenvalue weighted by Crippen LogP contribution is -2.37. The average molecular weight is 386 g/mol. The summed E-state index contributed by atoms with van der Waals surface area (Å²) < 4.78 is 5.70. The molecule has 3 aromatic heterocycles. The number of carbonyl (C=O) groups excluding carboxylic acids is 1. The minimum Gasteiger partial charge on any atom is -0.539 e. The number of thiophene rings is 1. The molecular weight excluding hydrogens is 364 g/mol. The lowest BCUT2D eigenvalue weighted by molar-refractivity contribution is -0.741. The molecule has 3 heterocycles. The lowest BCUT2D eigenvalue weighted by atomic mass is 9.71. The Kier molecular flexibility index (Phi) is 3.99. The minimum atomic E-state index is -0.764. The average Bonchev–Trinajstić information content (AvgIpc) is 3.11. The van der Waals surface area contributed by atoms with E-state index in [-0.39, 0.29) is 11.1 Å². The van der Waals surface area contributed by atoms with Crippen molar-refractivity contribution in [2.45, 2.75) is 40.0 Å². The van der Waals surface area contributed by atoms with Crippen molar-refractivity contribution in [2.75, 3.05) is 5.73 Å². The van der Waals surface area contributed by atoms with Crippen LogP contribution in [0.25, 0.3) is 10.2 Å². The van der Waals surface area contributed by atoms with Crippen LogP contribution in [-0.2, 0) is 19.9 Å². The Morgan fingerprint density at radius 3 is 2.81 bits per heavy atom. The van der Waals surface area contributed by atoms with E-state index in [1.165, 1.54) is 23.9 Å². The second-order valence-corrected chi connectivity index (χ2v) is 9.26. The standard InChI is InChI=1S/C19H22N4O3S/c1-19(2,3)10-5-6-12-9(7-10)8-11-13(20)16(27-17(11)21-12)15(24)14-18(25)26-22-23(14)4/h8,10H,5-7H2,1-4H3,(H2-,20,22,24,25). The first kappa shape index (κ1) is 17.9. The smallest absolute Gasteiger partial charge is 0.305 e. The Labute approximate surface area is 160 Å². The van der Waals surface area contributed by atoms with Gasteiger partial charge < -0.3 is 15.4 Å². The number of pyridine rings is 1. The lowest BCUT2D eigenvalue weighted by Gasteiger charge is -2.34. The summed E-state index contributed by atoms with van der Waals surface area (Å²) in [7, 11) is 1.49. The normalized spacial score (nSPS) is 17.3. The summed E-state index contributed by atoms with van der Waals surface area (Å²) >= 11 is 1.22. The van der Waals surface area contributed by atoms with E-state index < -0.39 is 11.7 Å². The van der Waals surface area contributed by atoms with Crippen LogP contribution in [0.15, 0.2) is 10.6 Å². The van der Waals surface area contributed by atoms with Gasteiger partial charge in [-0.05, 0) is 42.2 Å². The summed E-state index contributed by atoms with van der Waals surface area (Å²) in [5.41, 5.74) is 9.05. The molecule has 0 radical (unpaired) electrons. The first-order chi connectivity index (χ1) is 12.7. The number of fused-ring (bicyclic) bond motifs is 2. The molecule has 0 amide bonds. The molecule has 3 aromatic rings. The minimum absolute atomic E-state index is 0.134. The number of nitrogens with two attached hydrogens (primary N) is 1. The Morgan fingerprint density at radius 1 is 1.44 bits per heavy atom. The van der Waals surface area contributed by atoms with Crippen LogP contribution in [0.1, 0.15) is 53.8 Å². The van der Waals surface area contributed by atoms with Crippen molar-refractivity contribution in [3.05, 3.63) is 27.9 Å². The molecule has 1 aliphatic rings. The van der Waals surface area contributed by atoms with Crippen LogP contribution in [0.2, 0.25) is 0 Å². The summed E-state index contributed by atoms with van der Waals surface area (Å²) in [5.74, 6) is -0.654. The van der Waals surface area contributed by atoms with Crippen LogP contribution < -0.4 is 15.5 Å². The zero-order valence-electron chi connectivity index (χ0n) is 15.8. The number of nitrogens with zero attached hydrogens (tertiary/aromatic N) is 3. The van der Waals surface area contributed by atoms with Gasteiger partial charge in [-0.2, -0.15) is 0 Å². The van der Waals surface area contributed by atoms with E-state index >= 15 is 0 Å². The van der Waals surface area contributed by atoms with Crippen molar-refractivity contribution in [2.24, 2.45) is 18.4 Å². The SMILES string of the molecule is C[n+]1noc([O-])c1C(=O)c1sc2nc3c(cc2c1N)CC(C(C)(C)C)CC3. The van der Waals surface area contributed by atoms with E-state index in [0.29, 0.717) is 16.5 Å². The predicted molar refractivity (Wildman–Crippen MR) is 99.6 cm³/mol. The number of hydrogen-bond acceptors (Lipinski definition) is 7. The van der Waals surface area contributed by atoms with Gasteiger partial charge in [0.15, 0.2) is 13.0 Å². The van der Waals surface area contributed by atoms with Crippen LogP contribution in [0.3, 0.4) is 0 Å². The van der Waals surface area contributed by atoms with Gasteiger partial charge in [-0.15, -0.1) is 11.3 Å². The zero-order valence-corrected chi connectivity index (χ0v) is 16.6. The highest BCUT2D eigenvalue weighted by Gasteiger charge is 2.32. The molecule has 7 nitrogen and oxygen atoms in total. The first-order valence-corrected chi connectivity index (χ1v) is 9.77. The van der Waals surface area contributed by atoms with Crippen molar-refractivity contribution >= 4 is 33.0 Å². The van der Waals surface area contributed by atoms with E-state index in [9.17, 15) is 9.90 Å². The van der Waals surface area contributed by atoms with Crippen LogP contribution in [0.4, 0.5) is 5.69 Å². The van der Waals surface area contributed by atoms with Crippen molar-refractivity contribution < 1.29 is 19.1 Å². The van der Waals surface area contributed by atoms with Gasteiger partial charge in [0.25, 0.3) is 5.78 Å². The molecular formula is C19H22N4O3S. The van der Waals surface area contributed by atoms with E-state index in [2.05, 4.69) is 36.6 Å². The molecule has 27 heavy (non-hydrogen) atoms. The van der Waals surface area contributed by atoms with Crippen LogP contribution in [0, 0.1) is 11.3 Å². The number of anilines is 1. The Hall–Kier alpha value is -2.48. The molecule has 0 aliphatic heterocycles. The first-order valence-electron chi connectivity index (χ1n) is 8.95. The molecule has 0 aromatic carbocycles. The molecule has 1 atom stereocenters. The summed E-state index contributed by atoms with van der Waals surface area (Å²) in [6.45, 7) is 6.80. The van der Waals surface area contributed by atoms with E-state index in [1.807, 2.05) is 0 Å². The maximum absolute atomic E-state index is 12.8. The maximum Gasteiger partial charge on any atom is 0.305 e. The largest absolute Gasteiger partial charge is 0.539 e. The molecule has 2 N–H and O–H groups in total. The fourth-order valence-corrected chi connectivity index (χ4v) is 4.80. The highest BCUT2D eigenvalue weighted by molar-refractivity contribution is 7.21. The van der Waals surface area contributed by atoms with Gasteiger partial charge in [0, 0.05) is 11.1 Å². The Balaban J connectivity index is 1.79. The quantitative estimate of drug-likeness (QED) is 0.534. The van der Waals surface area contributed by atoms with Gasteiger partial charge >= 0.3 is 5.69 Å². The number of rotatable bonds is 2. The van der Waals surface area contributed by atoms with E-state index in [4.69, 9.17) is 10.7 Å². The molecule has 1 aliphatic carbocycles. The maximum atomic E-state index is 12.8. The van der Waals surface area contributed by atoms with Crippen LogP contribution in [0.5, 0.6) is 5.95 Å². The molecule has 0 spiro atoms. The van der Waals surface area contributed by atoms with Gasteiger partial charge in [-0.25, -0.2) is 4.98 Å². The number of ketones is 1. The highest BCUT2D eigenvalue weighted by atomic mass is 32.1. The van der Waals surface area contributed by atoms with Gasteiger partial charge in [0.1, 0.15) is 9.71 Å². The van der Waals surface area contributed by atoms with Crippen molar-refractivity contribution in [1.29, 1.82) is 0 Å². The van der Waals surface area contributed by atoms with Crippen LogP contribution >= 0.6 is 11.3 Å². The summed E-state index contributed by atoms with van der Waals surface area (Å²) in [6.07, 6.45) is 3.00. The van der Waals surface area contributed by atoms with Gasteiger partial charge in [0.2, 0.25) is 0 Å².